The van der Waals surface area contributed by atoms with Gasteiger partial charge < -0.3 is 45.0 Å². The summed E-state index contributed by atoms with van der Waals surface area (Å²) >= 11 is 0. The highest BCUT2D eigenvalue weighted by Crippen LogP contribution is 2.58. The van der Waals surface area contributed by atoms with Crippen molar-refractivity contribution in [1.29, 1.82) is 0 Å². The number of aliphatic hydroxyl groups is 1. The number of nitrogens with zero attached hydrogens (tertiary/aromatic N) is 8. The van der Waals surface area contributed by atoms with Crippen molar-refractivity contribution >= 4 is 61.9 Å². The van der Waals surface area contributed by atoms with Gasteiger partial charge in [-0.2, -0.15) is 0 Å². The van der Waals surface area contributed by atoms with Crippen LogP contribution in [0.15, 0.2) is 25.3 Å². The van der Waals surface area contributed by atoms with Crippen LogP contribution < -0.4 is 11.5 Å². The van der Waals surface area contributed by atoms with E-state index >= 15 is 4.39 Å². The Labute approximate surface area is 337 Å². The summed E-state index contributed by atoms with van der Waals surface area (Å²) in [5.74, 6) is -0.0623. The summed E-state index contributed by atoms with van der Waals surface area (Å²) in [4.78, 5) is 48.7. The molecule has 4 aromatic heterocycles. The third kappa shape index (κ3) is 9.27. The van der Waals surface area contributed by atoms with Crippen LogP contribution in [0.4, 0.5) is 25.6 Å². The summed E-state index contributed by atoms with van der Waals surface area (Å²) in [5, 5.41) is 11.6. The maximum Gasteiger partial charge on any atom is 0.510 e. The molecule has 3 fully saturated rings. The van der Waals surface area contributed by atoms with E-state index in [-0.39, 0.29) is 34.0 Å². The first-order valence-electron chi connectivity index (χ1n) is 17.9. The van der Waals surface area contributed by atoms with E-state index in [1.54, 1.807) is 27.7 Å². The number of phosphoric acid groups is 2. The van der Waals surface area contributed by atoms with Crippen LogP contribution in [0.25, 0.3) is 22.3 Å². The second-order valence-corrected chi connectivity index (χ2v) is 16.7. The molecule has 60 heavy (non-hydrogen) atoms. The Morgan fingerprint density at radius 2 is 1.23 bits per heavy atom. The highest BCUT2D eigenvalue weighted by Gasteiger charge is 2.55. The molecule has 3 saturated heterocycles. The van der Waals surface area contributed by atoms with E-state index in [4.69, 9.17) is 67.0 Å². The minimum absolute atomic E-state index is 0.0215. The quantitative estimate of drug-likeness (QED) is 0.117. The molecule has 2 bridgehead atoms. The van der Waals surface area contributed by atoms with Gasteiger partial charge in [-0.15, -0.1) is 0 Å². The van der Waals surface area contributed by atoms with E-state index in [2.05, 4.69) is 29.9 Å². The second kappa shape index (κ2) is 17.7. The molecule has 5 N–H and O–H groups in total. The van der Waals surface area contributed by atoms with Gasteiger partial charge in [0, 0.05) is 0 Å². The molecule has 3 aliphatic rings. The van der Waals surface area contributed by atoms with Crippen LogP contribution in [0.2, 0.25) is 0 Å². The van der Waals surface area contributed by atoms with E-state index in [0.29, 0.717) is 0 Å². The Bertz CT molecular complexity index is 2290. The number of halogens is 1. The standard InChI is InChI=1S/C30H39FN10O17P2/c1-13(2)53-29(43)47-11-51-59(45)49-5-15-20(42)22(28(55-15)41-10-39-19-24(33)35-8-37-26(19)41)58-60(46,52-12-48-30(44)54-14(3)4)50-6-16-21(57-59)17(31)27(56-16)40-9-38-18-23(32)34-7-36-25(18)40/h7-10,13-17,20-22,27-28,42H,5-6,11-12H2,1-4H3,(H2,32,34,36)(H2,33,35,37). The minimum atomic E-state index is -5.13. The number of carbonyl (C=O) groups excluding carboxylic acids is 2. The van der Waals surface area contributed by atoms with Gasteiger partial charge >= 0.3 is 28.0 Å². The Morgan fingerprint density at radius 1 is 0.767 bits per heavy atom. The number of imidazole rings is 2. The van der Waals surface area contributed by atoms with Gasteiger partial charge in [0.15, 0.2) is 41.6 Å². The van der Waals surface area contributed by atoms with Gasteiger partial charge in [0.25, 0.3) is 0 Å². The van der Waals surface area contributed by atoms with Crippen molar-refractivity contribution in [1.82, 2.24) is 39.0 Å². The molecule has 3 aliphatic heterocycles. The predicted molar refractivity (Wildman–Crippen MR) is 192 cm³/mol. The van der Waals surface area contributed by atoms with Crippen molar-refractivity contribution in [2.45, 2.75) is 89.1 Å². The summed E-state index contributed by atoms with van der Waals surface area (Å²) in [6, 6.07) is 0. The summed E-state index contributed by atoms with van der Waals surface area (Å²) in [5.41, 5.74) is 12.2. The molecule has 328 valence electrons. The number of nitrogen functional groups attached to an aromatic ring is 2. The van der Waals surface area contributed by atoms with E-state index in [1.165, 1.54) is 10.9 Å². The number of aliphatic hydroxyl groups excluding tert-OH is 1. The lowest BCUT2D eigenvalue weighted by Crippen LogP contribution is -2.35. The van der Waals surface area contributed by atoms with Crippen molar-refractivity contribution in [2.75, 3.05) is 38.3 Å². The number of rotatable bonds is 10. The topological polar surface area (TPSA) is 339 Å². The molecule has 0 spiro atoms. The zero-order chi connectivity index (χ0) is 42.9. The molecule has 30 heteroatoms. The number of nitrogens with two attached hydrogens (primary N) is 2. The normalized spacial score (nSPS) is 31.1. The van der Waals surface area contributed by atoms with E-state index in [9.17, 15) is 23.8 Å². The fraction of sp³-hybridized carbons (Fsp3) is 0.600. The van der Waals surface area contributed by atoms with Crippen LogP contribution in [-0.4, -0.2) is 132 Å². The maximum absolute atomic E-state index is 16.8. The SMILES string of the molecule is CC(C)OC(=O)OCOP1(=O)OCC2OC(n3cnc4c(N)ncnc43)C(OP(=O)(OCOC(=O)OC(C)C)OCC3OC(n4cnc5c(N)ncnc54)C(F)C3O1)C2O. The summed E-state index contributed by atoms with van der Waals surface area (Å²) in [7, 11) is -10.3. The van der Waals surface area contributed by atoms with Crippen LogP contribution in [0.3, 0.4) is 0 Å². The first kappa shape index (κ1) is 43.4. The van der Waals surface area contributed by atoms with Gasteiger partial charge in [-0.25, -0.2) is 62.1 Å². The number of carbonyl (C=O) groups is 2. The third-order valence-corrected chi connectivity index (χ3v) is 11.4. The molecule has 27 nitrogen and oxygen atoms in total. The lowest BCUT2D eigenvalue weighted by molar-refractivity contribution is -0.0815. The van der Waals surface area contributed by atoms with Crippen molar-refractivity contribution in [3.8, 4) is 0 Å². The third-order valence-electron chi connectivity index (χ3n) is 8.64. The molecule has 4 aromatic rings. The van der Waals surface area contributed by atoms with Crippen LogP contribution in [0.5, 0.6) is 0 Å². The fourth-order valence-corrected chi connectivity index (χ4v) is 8.53. The van der Waals surface area contributed by atoms with Gasteiger partial charge in [-0.1, -0.05) is 0 Å². The van der Waals surface area contributed by atoms with Crippen molar-refractivity contribution < 1.29 is 83.8 Å². The van der Waals surface area contributed by atoms with Crippen molar-refractivity contribution in [3.05, 3.63) is 25.3 Å². The van der Waals surface area contributed by atoms with Gasteiger partial charge in [-0.05, 0) is 27.7 Å². The van der Waals surface area contributed by atoms with Gasteiger partial charge in [0.05, 0.1) is 38.1 Å². The van der Waals surface area contributed by atoms with E-state index in [0.717, 1.165) is 23.5 Å². The first-order chi connectivity index (χ1) is 28.5. The zero-order valence-electron chi connectivity index (χ0n) is 31.9. The van der Waals surface area contributed by atoms with Crippen molar-refractivity contribution in [3.63, 3.8) is 0 Å². The molecule has 0 aliphatic carbocycles. The van der Waals surface area contributed by atoms with Crippen LogP contribution in [0, 0.1) is 0 Å². The number of phosphoric ester groups is 2. The number of anilines is 2. The summed E-state index contributed by atoms with van der Waals surface area (Å²) in [6.07, 6.45) is -13.4. The summed E-state index contributed by atoms with van der Waals surface area (Å²) < 4.78 is 113. The Hall–Kier alpha value is -4.73. The average Bonchev–Trinajstić information content (AvgIpc) is 3.94. The fourth-order valence-electron chi connectivity index (χ4n) is 6.04. The highest BCUT2D eigenvalue weighted by atomic mass is 31.2. The van der Waals surface area contributed by atoms with Crippen LogP contribution >= 0.6 is 15.6 Å². The number of fused-ring (bicyclic) bond motifs is 5. The number of hydrogen-bond donors (Lipinski definition) is 3. The minimum Gasteiger partial charge on any atom is -0.432 e. The lowest BCUT2D eigenvalue weighted by atomic mass is 10.1. The Morgan fingerprint density at radius 3 is 1.75 bits per heavy atom. The Kier molecular flexibility index (Phi) is 12.8. The molecule has 10 unspecified atom stereocenters. The Balaban J connectivity index is 1.25. The molecular weight excluding hydrogens is 853 g/mol. The summed E-state index contributed by atoms with van der Waals surface area (Å²) in [6.45, 7) is 2.16. The molecular formula is C30H39FN10O17P2. The monoisotopic (exact) mass is 892 g/mol. The molecule has 7 heterocycles. The molecule has 0 amide bonds. The van der Waals surface area contributed by atoms with Gasteiger partial charge in [0.2, 0.25) is 13.6 Å². The second-order valence-electron chi connectivity index (χ2n) is 13.5. The smallest absolute Gasteiger partial charge is 0.432 e. The molecule has 7 rings (SSSR count). The lowest BCUT2D eigenvalue weighted by Gasteiger charge is -2.28. The molecule has 10 atom stereocenters. The van der Waals surface area contributed by atoms with Gasteiger partial charge in [-0.3, -0.25) is 27.2 Å². The van der Waals surface area contributed by atoms with E-state index in [1.807, 2.05) is 0 Å². The largest absolute Gasteiger partial charge is 0.510 e. The van der Waals surface area contributed by atoms with Crippen LogP contribution in [0.1, 0.15) is 40.2 Å². The number of ether oxygens (including phenoxy) is 6. The number of hydrogen-bond acceptors (Lipinski definition) is 25. The first-order valence-corrected chi connectivity index (χ1v) is 20.8. The number of aromatic nitrogens is 8. The molecule has 0 radical (unpaired) electrons. The average molecular weight is 893 g/mol. The molecule has 0 saturated carbocycles. The van der Waals surface area contributed by atoms with E-state index < -0.39 is 116 Å². The maximum atomic E-state index is 16.8. The van der Waals surface area contributed by atoms with Crippen molar-refractivity contribution in [2.24, 2.45) is 0 Å². The molecule has 0 aromatic carbocycles. The zero-order valence-corrected chi connectivity index (χ0v) is 33.7. The predicted octanol–water partition coefficient (Wildman–Crippen LogP) is 2.43. The van der Waals surface area contributed by atoms with Crippen LogP contribution in [-0.2, 0) is 64.7 Å². The number of alkyl halides is 1. The highest BCUT2D eigenvalue weighted by molar-refractivity contribution is 7.48. The van der Waals surface area contributed by atoms with Gasteiger partial charge in [0.1, 0.15) is 54.2 Å².